The molecule has 0 atom stereocenters. The molecule has 0 heterocycles. The van der Waals surface area contributed by atoms with E-state index < -0.39 is 23.3 Å². The number of nitriles is 1. The van der Waals surface area contributed by atoms with Gasteiger partial charge in [-0.25, -0.2) is 0 Å². The topological polar surface area (TPSA) is 52.9 Å². The number of halogens is 4. The van der Waals surface area contributed by atoms with E-state index in [9.17, 15) is 18.0 Å². The molecule has 1 amide bonds. The number of rotatable bonds is 3. The Morgan fingerprint density at radius 1 is 1.17 bits per heavy atom. The highest BCUT2D eigenvalue weighted by Crippen LogP contribution is 2.34. The minimum absolute atomic E-state index is 0.339. The van der Waals surface area contributed by atoms with Crippen molar-refractivity contribution >= 4 is 29.3 Å². The molecule has 0 fully saturated rings. The van der Waals surface area contributed by atoms with E-state index in [4.69, 9.17) is 16.9 Å². The molecule has 0 aliphatic carbocycles. The van der Waals surface area contributed by atoms with Gasteiger partial charge in [-0.2, -0.15) is 18.4 Å². The summed E-state index contributed by atoms with van der Waals surface area (Å²) in [6, 6.07) is 12.6. The number of para-hydroxylation sites is 1. The molecule has 0 aromatic heterocycles. The van der Waals surface area contributed by atoms with Crippen molar-refractivity contribution in [2.24, 2.45) is 0 Å². The van der Waals surface area contributed by atoms with Crippen LogP contribution in [0.4, 0.5) is 18.9 Å². The van der Waals surface area contributed by atoms with Crippen LogP contribution in [-0.4, -0.2) is 5.91 Å². The molecule has 2 aromatic carbocycles. The van der Waals surface area contributed by atoms with E-state index in [0.29, 0.717) is 10.6 Å². The van der Waals surface area contributed by atoms with Gasteiger partial charge in [-0.15, -0.1) is 0 Å². The number of carbonyl (C=O) groups is 1. The SMILES string of the molecule is N#CC(=Cc1cccc(Cl)c1)C(=O)Nc1ccccc1C(F)(F)F. The van der Waals surface area contributed by atoms with Gasteiger partial charge in [0.05, 0.1) is 11.3 Å². The number of hydrogen-bond acceptors (Lipinski definition) is 2. The fraction of sp³-hybridized carbons (Fsp3) is 0.0588. The monoisotopic (exact) mass is 350 g/mol. The van der Waals surface area contributed by atoms with E-state index in [-0.39, 0.29) is 5.57 Å². The summed E-state index contributed by atoms with van der Waals surface area (Å²) < 4.78 is 38.8. The molecule has 1 N–H and O–H groups in total. The number of carbonyl (C=O) groups excluding carboxylic acids is 1. The lowest BCUT2D eigenvalue weighted by Crippen LogP contribution is -2.17. The number of alkyl halides is 3. The summed E-state index contributed by atoms with van der Waals surface area (Å²) in [4.78, 5) is 12.1. The molecule has 0 radical (unpaired) electrons. The van der Waals surface area contributed by atoms with Gasteiger partial charge in [-0.1, -0.05) is 35.9 Å². The second kappa shape index (κ2) is 7.20. The van der Waals surface area contributed by atoms with Crippen molar-refractivity contribution in [3.8, 4) is 6.07 Å². The zero-order chi connectivity index (χ0) is 17.7. The molecular weight excluding hydrogens is 341 g/mol. The molecule has 0 spiro atoms. The van der Waals surface area contributed by atoms with Crippen LogP contribution in [0.3, 0.4) is 0 Å². The molecule has 0 bridgehead atoms. The average Bonchev–Trinajstić information content (AvgIpc) is 2.52. The maximum atomic E-state index is 12.9. The van der Waals surface area contributed by atoms with Gasteiger partial charge in [0.1, 0.15) is 11.6 Å². The Morgan fingerprint density at radius 3 is 2.50 bits per heavy atom. The van der Waals surface area contributed by atoms with Crippen LogP contribution in [0.15, 0.2) is 54.1 Å². The molecule has 0 unspecified atom stereocenters. The summed E-state index contributed by atoms with van der Waals surface area (Å²) in [6.07, 6.45) is -3.37. The van der Waals surface area contributed by atoms with Gasteiger partial charge < -0.3 is 5.32 Å². The fourth-order valence-electron chi connectivity index (χ4n) is 1.94. The third-order valence-corrected chi connectivity index (χ3v) is 3.24. The summed E-state index contributed by atoms with van der Waals surface area (Å²) in [5.74, 6) is -0.936. The van der Waals surface area contributed by atoms with E-state index in [1.165, 1.54) is 24.3 Å². The lowest BCUT2D eigenvalue weighted by Gasteiger charge is -2.13. The lowest BCUT2D eigenvalue weighted by atomic mass is 10.1. The number of nitrogens with one attached hydrogen (secondary N) is 1. The largest absolute Gasteiger partial charge is 0.418 e. The highest BCUT2D eigenvalue weighted by Gasteiger charge is 2.33. The Hall–Kier alpha value is -2.78. The van der Waals surface area contributed by atoms with Crippen LogP contribution in [0.25, 0.3) is 6.08 Å². The highest BCUT2D eigenvalue weighted by atomic mass is 35.5. The minimum Gasteiger partial charge on any atom is -0.321 e. The van der Waals surface area contributed by atoms with Crippen LogP contribution in [0.2, 0.25) is 5.02 Å². The second-order valence-corrected chi connectivity index (χ2v) is 5.16. The van der Waals surface area contributed by atoms with E-state index in [1.807, 2.05) is 0 Å². The van der Waals surface area contributed by atoms with Crippen LogP contribution in [0, 0.1) is 11.3 Å². The summed E-state index contributed by atoms with van der Waals surface area (Å²) in [7, 11) is 0. The third kappa shape index (κ3) is 4.37. The second-order valence-electron chi connectivity index (χ2n) is 4.72. The Bertz CT molecular complexity index is 838. The van der Waals surface area contributed by atoms with Gasteiger partial charge >= 0.3 is 6.18 Å². The number of benzene rings is 2. The Labute approximate surface area is 141 Å². The molecule has 24 heavy (non-hydrogen) atoms. The first-order valence-corrected chi connectivity index (χ1v) is 7.04. The third-order valence-electron chi connectivity index (χ3n) is 3.01. The first-order valence-electron chi connectivity index (χ1n) is 6.66. The van der Waals surface area contributed by atoms with E-state index >= 15 is 0 Å². The Morgan fingerprint density at radius 2 is 1.88 bits per heavy atom. The number of anilines is 1. The molecule has 2 aromatic rings. The fourth-order valence-corrected chi connectivity index (χ4v) is 2.14. The lowest BCUT2D eigenvalue weighted by molar-refractivity contribution is -0.136. The predicted octanol–water partition coefficient (Wildman–Crippen LogP) is 4.90. The predicted molar refractivity (Wildman–Crippen MR) is 85.1 cm³/mol. The van der Waals surface area contributed by atoms with Crippen LogP contribution in [-0.2, 0) is 11.0 Å². The molecule has 0 saturated heterocycles. The van der Waals surface area contributed by atoms with Gasteiger partial charge in [0.15, 0.2) is 0 Å². The van der Waals surface area contributed by atoms with Gasteiger partial charge in [0.25, 0.3) is 5.91 Å². The van der Waals surface area contributed by atoms with Crippen molar-refractivity contribution in [3.63, 3.8) is 0 Å². The van der Waals surface area contributed by atoms with Gasteiger partial charge in [0, 0.05) is 5.02 Å². The summed E-state index contributed by atoms with van der Waals surface area (Å²) in [6.45, 7) is 0. The summed E-state index contributed by atoms with van der Waals surface area (Å²) in [5.41, 5.74) is -1.26. The Balaban J connectivity index is 2.31. The van der Waals surface area contributed by atoms with Crippen molar-refractivity contribution in [3.05, 3.63) is 70.3 Å². The first-order chi connectivity index (χ1) is 11.3. The zero-order valence-electron chi connectivity index (χ0n) is 12.1. The highest BCUT2D eigenvalue weighted by molar-refractivity contribution is 6.30. The van der Waals surface area contributed by atoms with Crippen molar-refractivity contribution in [2.45, 2.75) is 6.18 Å². The van der Waals surface area contributed by atoms with Gasteiger partial charge in [-0.05, 0) is 35.9 Å². The maximum absolute atomic E-state index is 12.9. The summed E-state index contributed by atoms with van der Waals surface area (Å²) >= 11 is 5.81. The van der Waals surface area contributed by atoms with Crippen LogP contribution >= 0.6 is 11.6 Å². The average molecular weight is 351 g/mol. The van der Waals surface area contributed by atoms with Gasteiger partial charge in [0.2, 0.25) is 0 Å². The van der Waals surface area contributed by atoms with E-state index in [0.717, 1.165) is 12.1 Å². The van der Waals surface area contributed by atoms with Crippen LogP contribution < -0.4 is 5.32 Å². The Kier molecular flexibility index (Phi) is 5.27. The van der Waals surface area contributed by atoms with Crippen molar-refractivity contribution in [2.75, 3.05) is 5.32 Å². The van der Waals surface area contributed by atoms with E-state index in [1.54, 1.807) is 24.3 Å². The molecule has 0 aliphatic rings. The smallest absolute Gasteiger partial charge is 0.321 e. The number of amides is 1. The molecule has 0 aliphatic heterocycles. The van der Waals surface area contributed by atoms with Crippen molar-refractivity contribution in [1.29, 1.82) is 5.26 Å². The molecule has 122 valence electrons. The molecule has 0 saturated carbocycles. The molecular formula is C17H10ClF3N2O. The van der Waals surface area contributed by atoms with E-state index in [2.05, 4.69) is 5.32 Å². The minimum atomic E-state index is -4.62. The standard InChI is InChI=1S/C17H10ClF3N2O/c18-13-5-3-4-11(9-13)8-12(10-22)16(24)23-15-7-2-1-6-14(15)17(19,20)21/h1-9H,(H,23,24). The molecule has 7 heteroatoms. The molecule has 2 rings (SSSR count). The molecule has 3 nitrogen and oxygen atoms in total. The number of hydrogen-bond donors (Lipinski definition) is 1. The first kappa shape index (κ1) is 17.6. The number of nitrogens with zero attached hydrogens (tertiary/aromatic N) is 1. The van der Waals surface area contributed by atoms with Crippen molar-refractivity contribution < 1.29 is 18.0 Å². The van der Waals surface area contributed by atoms with Gasteiger partial charge in [-0.3, -0.25) is 4.79 Å². The zero-order valence-corrected chi connectivity index (χ0v) is 12.8. The van der Waals surface area contributed by atoms with Crippen LogP contribution in [0.5, 0.6) is 0 Å². The maximum Gasteiger partial charge on any atom is 0.418 e. The normalized spacial score (nSPS) is 11.7. The van der Waals surface area contributed by atoms with Crippen molar-refractivity contribution in [1.82, 2.24) is 0 Å². The summed E-state index contributed by atoms with van der Waals surface area (Å²) in [5, 5.41) is 11.6. The quantitative estimate of drug-likeness (QED) is 0.632. The van der Waals surface area contributed by atoms with Crippen LogP contribution in [0.1, 0.15) is 11.1 Å².